The molecule has 1 N–H and O–H groups in total. The average molecular weight is 253 g/mol. The third-order valence-electron chi connectivity index (χ3n) is 1.96. The lowest BCUT2D eigenvalue weighted by Gasteiger charge is -2.00. The first-order valence-corrected chi connectivity index (χ1v) is 6.52. The fourth-order valence-corrected chi connectivity index (χ4v) is 2.52. The molecular formula is C10H11N3OS2. The maximum absolute atomic E-state index is 11.6. The van der Waals surface area contributed by atoms with E-state index in [4.69, 9.17) is 0 Å². The number of carbonyl (C=O) groups is 1. The van der Waals surface area contributed by atoms with Crippen molar-refractivity contribution in [3.63, 3.8) is 0 Å². The van der Waals surface area contributed by atoms with E-state index in [9.17, 15) is 4.79 Å². The van der Waals surface area contributed by atoms with Crippen LogP contribution >= 0.6 is 22.9 Å². The summed E-state index contributed by atoms with van der Waals surface area (Å²) in [4.78, 5) is 16.9. The van der Waals surface area contributed by atoms with Crippen LogP contribution in [-0.4, -0.2) is 21.8 Å². The zero-order valence-electron chi connectivity index (χ0n) is 8.77. The fourth-order valence-electron chi connectivity index (χ4n) is 1.22. The normalized spacial score (nSPS) is 10.3. The fraction of sp³-hybridized carbons (Fsp3) is 0.300. The molecule has 0 spiro atoms. The first-order chi connectivity index (χ1) is 7.75. The summed E-state index contributed by atoms with van der Waals surface area (Å²) in [5.74, 6) is 0.510. The zero-order chi connectivity index (χ0) is 11.4. The number of nitrogens with zero attached hydrogens (tertiary/aromatic N) is 2. The van der Waals surface area contributed by atoms with Gasteiger partial charge in [-0.05, 0) is 36.3 Å². The smallest absolute Gasteiger partial charge is 0.281 e. The lowest BCUT2D eigenvalue weighted by Crippen LogP contribution is -2.25. The van der Waals surface area contributed by atoms with E-state index in [1.54, 1.807) is 18.3 Å². The van der Waals surface area contributed by atoms with Gasteiger partial charge in [0.25, 0.3) is 5.91 Å². The quantitative estimate of drug-likeness (QED) is 0.905. The van der Waals surface area contributed by atoms with Crippen molar-refractivity contribution in [1.82, 2.24) is 14.7 Å². The van der Waals surface area contributed by atoms with Gasteiger partial charge in [0, 0.05) is 11.4 Å². The Balaban J connectivity index is 1.80. The first kappa shape index (κ1) is 11.2. The lowest BCUT2D eigenvalue weighted by molar-refractivity contribution is 0.0953. The summed E-state index contributed by atoms with van der Waals surface area (Å²) in [6.45, 7) is 2.41. The Labute approximate surface area is 102 Å². The summed E-state index contributed by atoms with van der Waals surface area (Å²) >= 11 is 2.83. The SMILES string of the molecule is Cc1nsc(C(=O)NCCc2cccs2)n1. The molecule has 0 unspecified atom stereocenters. The van der Waals surface area contributed by atoms with Crippen molar-refractivity contribution in [3.05, 3.63) is 33.2 Å². The Morgan fingerprint density at radius 3 is 3.06 bits per heavy atom. The van der Waals surface area contributed by atoms with Crippen molar-refractivity contribution in [1.29, 1.82) is 0 Å². The molecule has 2 aromatic heterocycles. The topological polar surface area (TPSA) is 54.9 Å². The first-order valence-electron chi connectivity index (χ1n) is 4.86. The molecule has 4 nitrogen and oxygen atoms in total. The maximum atomic E-state index is 11.6. The van der Waals surface area contributed by atoms with Crippen LogP contribution < -0.4 is 5.32 Å². The molecule has 0 aliphatic heterocycles. The molecule has 0 radical (unpaired) electrons. The van der Waals surface area contributed by atoms with Gasteiger partial charge in [0.2, 0.25) is 5.01 Å². The van der Waals surface area contributed by atoms with Gasteiger partial charge in [-0.25, -0.2) is 4.98 Å². The van der Waals surface area contributed by atoms with Crippen molar-refractivity contribution >= 4 is 28.8 Å². The van der Waals surface area contributed by atoms with Crippen molar-refractivity contribution in [2.75, 3.05) is 6.54 Å². The number of thiophene rings is 1. The highest BCUT2D eigenvalue weighted by Gasteiger charge is 2.09. The van der Waals surface area contributed by atoms with E-state index in [-0.39, 0.29) is 5.91 Å². The number of nitrogens with one attached hydrogen (secondary N) is 1. The predicted molar refractivity (Wildman–Crippen MR) is 65.0 cm³/mol. The molecule has 0 saturated carbocycles. The second-order valence-corrected chi connectivity index (χ2v) is 5.02. The van der Waals surface area contributed by atoms with E-state index in [1.807, 2.05) is 11.4 Å². The van der Waals surface area contributed by atoms with Gasteiger partial charge in [0.05, 0.1) is 0 Å². The number of aryl methyl sites for hydroxylation is 1. The molecule has 2 heterocycles. The summed E-state index contributed by atoms with van der Waals surface area (Å²) < 4.78 is 3.97. The van der Waals surface area contributed by atoms with E-state index in [0.717, 1.165) is 18.0 Å². The molecule has 16 heavy (non-hydrogen) atoms. The van der Waals surface area contributed by atoms with Crippen LogP contribution in [0.1, 0.15) is 20.5 Å². The van der Waals surface area contributed by atoms with Crippen LogP contribution in [0.5, 0.6) is 0 Å². The minimum atomic E-state index is -0.137. The van der Waals surface area contributed by atoms with E-state index < -0.39 is 0 Å². The number of hydrogen-bond donors (Lipinski definition) is 1. The number of rotatable bonds is 4. The van der Waals surface area contributed by atoms with Gasteiger partial charge in [-0.1, -0.05) is 6.07 Å². The summed E-state index contributed by atoms with van der Waals surface area (Å²) in [5.41, 5.74) is 0. The number of carbonyl (C=O) groups excluding carboxylic acids is 1. The monoisotopic (exact) mass is 253 g/mol. The lowest BCUT2D eigenvalue weighted by atomic mass is 10.3. The third kappa shape index (κ3) is 2.86. The zero-order valence-corrected chi connectivity index (χ0v) is 10.4. The van der Waals surface area contributed by atoms with Crippen LogP contribution in [0.25, 0.3) is 0 Å². The predicted octanol–water partition coefficient (Wildman–Crippen LogP) is 1.88. The van der Waals surface area contributed by atoms with Gasteiger partial charge in [-0.3, -0.25) is 4.79 Å². The van der Waals surface area contributed by atoms with Gasteiger partial charge in [0.1, 0.15) is 5.82 Å². The summed E-state index contributed by atoms with van der Waals surface area (Å²) in [5, 5.41) is 5.29. The summed E-state index contributed by atoms with van der Waals surface area (Å²) in [6.07, 6.45) is 0.862. The van der Waals surface area contributed by atoms with Gasteiger partial charge in [-0.15, -0.1) is 11.3 Å². The Kier molecular flexibility index (Phi) is 3.63. The van der Waals surface area contributed by atoms with E-state index >= 15 is 0 Å². The molecule has 84 valence electrons. The largest absolute Gasteiger partial charge is 0.350 e. The molecular weight excluding hydrogens is 242 g/mol. The molecule has 0 fully saturated rings. The molecule has 1 amide bonds. The number of aromatic nitrogens is 2. The van der Waals surface area contributed by atoms with Gasteiger partial charge < -0.3 is 5.32 Å². The minimum absolute atomic E-state index is 0.137. The Morgan fingerprint density at radius 2 is 2.44 bits per heavy atom. The van der Waals surface area contributed by atoms with Crippen molar-refractivity contribution in [2.45, 2.75) is 13.3 Å². The summed E-state index contributed by atoms with van der Waals surface area (Å²) in [7, 11) is 0. The number of hydrogen-bond acceptors (Lipinski definition) is 5. The van der Waals surface area contributed by atoms with Crippen LogP contribution in [0, 0.1) is 6.92 Å². The molecule has 2 rings (SSSR count). The van der Waals surface area contributed by atoms with Gasteiger partial charge >= 0.3 is 0 Å². The maximum Gasteiger partial charge on any atom is 0.281 e. The number of amides is 1. The Morgan fingerprint density at radius 1 is 1.56 bits per heavy atom. The average Bonchev–Trinajstić information content (AvgIpc) is 2.89. The molecule has 2 aromatic rings. The summed E-state index contributed by atoms with van der Waals surface area (Å²) in [6, 6.07) is 4.07. The van der Waals surface area contributed by atoms with Gasteiger partial charge in [-0.2, -0.15) is 4.37 Å². The molecule has 0 aliphatic rings. The minimum Gasteiger partial charge on any atom is -0.350 e. The second-order valence-electron chi connectivity index (χ2n) is 3.23. The molecule has 0 atom stereocenters. The highest BCUT2D eigenvalue weighted by Crippen LogP contribution is 2.08. The van der Waals surface area contributed by atoms with Crippen molar-refractivity contribution < 1.29 is 4.79 Å². The van der Waals surface area contributed by atoms with Crippen LogP contribution in [0.4, 0.5) is 0 Å². The molecule has 0 aliphatic carbocycles. The Hall–Kier alpha value is -1.27. The standard InChI is InChI=1S/C10H11N3OS2/c1-7-12-10(16-13-7)9(14)11-5-4-8-3-2-6-15-8/h2-3,6H,4-5H2,1H3,(H,11,14). The van der Waals surface area contributed by atoms with Crippen LogP contribution in [0.15, 0.2) is 17.5 Å². The molecule has 0 saturated heterocycles. The molecule has 0 aromatic carbocycles. The highest BCUT2D eigenvalue weighted by atomic mass is 32.1. The van der Waals surface area contributed by atoms with Crippen LogP contribution in [0.3, 0.4) is 0 Å². The molecule has 0 bridgehead atoms. The van der Waals surface area contributed by atoms with E-state index in [0.29, 0.717) is 17.4 Å². The van der Waals surface area contributed by atoms with Crippen molar-refractivity contribution in [3.8, 4) is 0 Å². The van der Waals surface area contributed by atoms with E-state index in [2.05, 4.69) is 20.7 Å². The highest BCUT2D eigenvalue weighted by molar-refractivity contribution is 7.09. The van der Waals surface area contributed by atoms with Crippen molar-refractivity contribution in [2.24, 2.45) is 0 Å². The third-order valence-corrected chi connectivity index (χ3v) is 3.70. The van der Waals surface area contributed by atoms with Crippen LogP contribution in [-0.2, 0) is 6.42 Å². The molecule has 6 heteroatoms. The van der Waals surface area contributed by atoms with E-state index in [1.165, 1.54) is 4.88 Å². The van der Waals surface area contributed by atoms with Crippen LogP contribution in [0.2, 0.25) is 0 Å². The second kappa shape index (κ2) is 5.18. The Bertz CT molecular complexity index is 464. The van der Waals surface area contributed by atoms with Gasteiger partial charge in [0.15, 0.2) is 0 Å².